The van der Waals surface area contributed by atoms with Gasteiger partial charge >= 0.3 is 0 Å². The second-order valence-corrected chi connectivity index (χ2v) is 6.59. The van der Waals surface area contributed by atoms with Crippen molar-refractivity contribution in [2.45, 2.75) is 40.0 Å². The number of piperidine rings is 1. The molecule has 20 heavy (non-hydrogen) atoms. The van der Waals surface area contributed by atoms with Crippen LogP contribution >= 0.6 is 11.6 Å². The molecule has 1 fully saturated rings. The lowest BCUT2D eigenvalue weighted by Crippen LogP contribution is -3.13. The Bertz CT molecular complexity index is 439. The zero-order valence-electron chi connectivity index (χ0n) is 13.0. The first-order chi connectivity index (χ1) is 9.58. The SMILES string of the molecule is Cc1c(Cl)ccc(OCCC[NH+]2CCC(C)CC2)c1C. The molecule has 1 N–H and O–H groups in total. The van der Waals surface area contributed by atoms with Crippen molar-refractivity contribution < 1.29 is 9.64 Å². The fourth-order valence-electron chi connectivity index (χ4n) is 2.84. The minimum atomic E-state index is 0.807. The molecule has 2 nitrogen and oxygen atoms in total. The third-order valence-electron chi connectivity index (χ3n) is 4.58. The van der Waals surface area contributed by atoms with Crippen LogP contribution in [0.1, 0.15) is 37.3 Å². The molecule has 0 saturated carbocycles. The Kier molecular flexibility index (Phi) is 5.74. The minimum absolute atomic E-state index is 0.807. The van der Waals surface area contributed by atoms with E-state index in [1.54, 1.807) is 4.90 Å². The van der Waals surface area contributed by atoms with E-state index >= 15 is 0 Å². The summed E-state index contributed by atoms with van der Waals surface area (Å²) in [6.07, 6.45) is 3.89. The lowest BCUT2D eigenvalue weighted by Gasteiger charge is -2.27. The molecule has 0 bridgehead atoms. The monoisotopic (exact) mass is 296 g/mol. The predicted molar refractivity (Wildman–Crippen MR) is 85.0 cm³/mol. The fraction of sp³-hybridized carbons (Fsp3) is 0.647. The van der Waals surface area contributed by atoms with Gasteiger partial charge in [0.2, 0.25) is 0 Å². The van der Waals surface area contributed by atoms with Gasteiger partial charge < -0.3 is 9.64 Å². The van der Waals surface area contributed by atoms with Gasteiger partial charge in [0.05, 0.1) is 26.2 Å². The van der Waals surface area contributed by atoms with E-state index in [4.69, 9.17) is 16.3 Å². The standard InChI is InChI=1S/C17H26ClNO/c1-13-7-10-19(11-8-13)9-4-12-20-17-6-5-16(18)14(2)15(17)3/h5-6,13H,4,7-12H2,1-3H3/p+1. The Morgan fingerprint density at radius 1 is 1.20 bits per heavy atom. The van der Waals surface area contributed by atoms with E-state index in [1.807, 2.05) is 19.1 Å². The maximum atomic E-state index is 6.10. The lowest BCUT2D eigenvalue weighted by molar-refractivity contribution is -0.906. The van der Waals surface area contributed by atoms with Crippen LogP contribution in [0.25, 0.3) is 0 Å². The highest BCUT2D eigenvalue weighted by Gasteiger charge is 2.18. The van der Waals surface area contributed by atoms with Crippen molar-refractivity contribution in [1.82, 2.24) is 0 Å². The molecule has 1 saturated heterocycles. The van der Waals surface area contributed by atoms with E-state index in [0.29, 0.717) is 0 Å². The third-order valence-corrected chi connectivity index (χ3v) is 4.99. The molecule has 112 valence electrons. The van der Waals surface area contributed by atoms with Crippen LogP contribution in [0.4, 0.5) is 0 Å². The number of ether oxygens (including phenoxy) is 1. The summed E-state index contributed by atoms with van der Waals surface area (Å²) in [6, 6.07) is 3.91. The number of benzene rings is 1. The minimum Gasteiger partial charge on any atom is -0.493 e. The zero-order valence-corrected chi connectivity index (χ0v) is 13.7. The quantitative estimate of drug-likeness (QED) is 0.825. The van der Waals surface area contributed by atoms with Crippen molar-refractivity contribution >= 4 is 11.6 Å². The van der Waals surface area contributed by atoms with E-state index in [-0.39, 0.29) is 0 Å². The highest BCUT2D eigenvalue weighted by atomic mass is 35.5. The van der Waals surface area contributed by atoms with Gasteiger partial charge in [0, 0.05) is 11.4 Å². The molecule has 0 atom stereocenters. The number of hydrogen-bond donors (Lipinski definition) is 1. The summed E-state index contributed by atoms with van der Waals surface area (Å²) in [5.74, 6) is 1.91. The summed E-state index contributed by atoms with van der Waals surface area (Å²) >= 11 is 6.10. The van der Waals surface area contributed by atoms with Crippen LogP contribution in [0.15, 0.2) is 12.1 Å². The molecule has 1 aromatic rings. The molecule has 1 heterocycles. The summed E-state index contributed by atoms with van der Waals surface area (Å²) in [5.41, 5.74) is 2.29. The Hall–Kier alpha value is -0.730. The first kappa shape index (κ1) is 15.7. The lowest BCUT2D eigenvalue weighted by atomic mass is 9.99. The van der Waals surface area contributed by atoms with Crippen molar-refractivity contribution in [3.05, 3.63) is 28.3 Å². The number of quaternary nitrogens is 1. The predicted octanol–water partition coefficient (Wildman–Crippen LogP) is 3.04. The highest BCUT2D eigenvalue weighted by Crippen LogP contribution is 2.27. The molecule has 0 unspecified atom stereocenters. The number of hydrogen-bond acceptors (Lipinski definition) is 1. The summed E-state index contributed by atoms with van der Waals surface area (Å²) in [6.45, 7) is 11.2. The van der Waals surface area contributed by atoms with Crippen LogP contribution in [0.3, 0.4) is 0 Å². The molecule has 1 aromatic carbocycles. The maximum Gasteiger partial charge on any atom is 0.122 e. The van der Waals surface area contributed by atoms with E-state index < -0.39 is 0 Å². The van der Waals surface area contributed by atoms with E-state index in [9.17, 15) is 0 Å². The van der Waals surface area contributed by atoms with Crippen molar-refractivity contribution in [2.24, 2.45) is 5.92 Å². The van der Waals surface area contributed by atoms with Crippen molar-refractivity contribution in [3.8, 4) is 5.75 Å². The molecule has 0 radical (unpaired) electrons. The van der Waals surface area contributed by atoms with Crippen molar-refractivity contribution in [3.63, 3.8) is 0 Å². The van der Waals surface area contributed by atoms with E-state index in [0.717, 1.165) is 40.8 Å². The van der Waals surface area contributed by atoms with E-state index in [2.05, 4.69) is 13.8 Å². The van der Waals surface area contributed by atoms with Crippen molar-refractivity contribution in [2.75, 3.05) is 26.2 Å². The van der Waals surface area contributed by atoms with Crippen LogP contribution in [0.2, 0.25) is 5.02 Å². The van der Waals surface area contributed by atoms with Gasteiger partial charge in [0.25, 0.3) is 0 Å². The molecule has 0 aromatic heterocycles. The number of halogens is 1. The molecule has 1 aliphatic rings. The summed E-state index contributed by atoms with van der Waals surface area (Å²) < 4.78 is 5.91. The average molecular weight is 297 g/mol. The average Bonchev–Trinajstić information content (AvgIpc) is 2.45. The fourth-order valence-corrected chi connectivity index (χ4v) is 3.05. The Morgan fingerprint density at radius 3 is 2.60 bits per heavy atom. The number of rotatable bonds is 5. The molecule has 1 aliphatic heterocycles. The van der Waals surface area contributed by atoms with Crippen molar-refractivity contribution in [1.29, 1.82) is 0 Å². The Morgan fingerprint density at radius 2 is 1.90 bits per heavy atom. The first-order valence-electron chi connectivity index (χ1n) is 7.80. The van der Waals surface area contributed by atoms with Gasteiger partial charge in [0.15, 0.2) is 0 Å². The summed E-state index contributed by atoms with van der Waals surface area (Å²) in [7, 11) is 0. The Balaban J connectivity index is 1.72. The van der Waals surface area contributed by atoms with Crippen LogP contribution in [0, 0.1) is 19.8 Å². The van der Waals surface area contributed by atoms with E-state index in [1.165, 1.54) is 32.5 Å². The molecule has 0 amide bonds. The van der Waals surface area contributed by atoms with Gasteiger partial charge in [-0.25, -0.2) is 0 Å². The maximum absolute atomic E-state index is 6.10. The molecule has 3 heteroatoms. The Labute approximate surface area is 128 Å². The topological polar surface area (TPSA) is 13.7 Å². The van der Waals surface area contributed by atoms with Gasteiger partial charge in [-0.05, 0) is 55.9 Å². The molecule has 0 aliphatic carbocycles. The highest BCUT2D eigenvalue weighted by molar-refractivity contribution is 6.31. The van der Waals surface area contributed by atoms with Gasteiger partial charge in [-0.15, -0.1) is 0 Å². The van der Waals surface area contributed by atoms with Crippen LogP contribution in [-0.4, -0.2) is 26.2 Å². The third kappa shape index (κ3) is 4.13. The molecular formula is C17H27ClNO+. The second kappa shape index (κ2) is 7.33. The van der Waals surface area contributed by atoms with Gasteiger partial charge in [-0.2, -0.15) is 0 Å². The first-order valence-corrected chi connectivity index (χ1v) is 8.17. The van der Waals surface area contributed by atoms with Gasteiger partial charge in [-0.3, -0.25) is 0 Å². The van der Waals surface area contributed by atoms with Crippen LogP contribution in [0.5, 0.6) is 5.75 Å². The largest absolute Gasteiger partial charge is 0.493 e. The zero-order chi connectivity index (χ0) is 14.5. The van der Waals surface area contributed by atoms with Crippen LogP contribution in [-0.2, 0) is 0 Å². The molecular weight excluding hydrogens is 270 g/mol. The van der Waals surface area contributed by atoms with Gasteiger partial charge in [-0.1, -0.05) is 18.5 Å². The van der Waals surface area contributed by atoms with Crippen LogP contribution < -0.4 is 9.64 Å². The molecule has 2 rings (SSSR count). The normalized spacial score (nSPS) is 22.8. The smallest absolute Gasteiger partial charge is 0.122 e. The molecule has 0 spiro atoms. The summed E-state index contributed by atoms with van der Waals surface area (Å²) in [5, 5.41) is 0.821. The number of nitrogens with one attached hydrogen (secondary N) is 1. The second-order valence-electron chi connectivity index (χ2n) is 6.18. The summed E-state index contributed by atoms with van der Waals surface area (Å²) in [4.78, 5) is 1.75. The van der Waals surface area contributed by atoms with Gasteiger partial charge in [0.1, 0.15) is 5.75 Å². The number of likely N-dealkylation sites (tertiary alicyclic amines) is 1.